The Morgan fingerprint density at radius 1 is 1.57 bits per heavy atom. The van der Waals surface area contributed by atoms with Crippen molar-refractivity contribution in [3.05, 3.63) is 11.1 Å². The van der Waals surface area contributed by atoms with Crippen LogP contribution in [0.3, 0.4) is 0 Å². The van der Waals surface area contributed by atoms with Crippen molar-refractivity contribution in [2.75, 3.05) is 18.8 Å². The van der Waals surface area contributed by atoms with Gasteiger partial charge >= 0.3 is 10.3 Å². The summed E-state index contributed by atoms with van der Waals surface area (Å²) in [7, 11) is -4.56. The third-order valence-electron chi connectivity index (χ3n) is 2.73. The van der Waals surface area contributed by atoms with Crippen molar-refractivity contribution in [3.63, 3.8) is 0 Å². The van der Waals surface area contributed by atoms with Crippen LogP contribution in [0.15, 0.2) is 5.38 Å². The number of nitrogens with two attached hydrogens (primary N) is 1. The van der Waals surface area contributed by atoms with E-state index in [-0.39, 0.29) is 28.2 Å². The molecule has 1 aromatic heterocycles. The van der Waals surface area contributed by atoms with Crippen molar-refractivity contribution in [3.8, 4) is 0 Å². The van der Waals surface area contributed by atoms with E-state index in [4.69, 9.17) is 10.3 Å². The number of nitrogens with zero attached hydrogens (tertiary/aromatic N) is 2. The molecule has 2 amide bonds. The standard InChI is InChI=1S/C9H10N4O6S2/c10-9-12-5(3-20-9)6(14)7(15)11-1-4-2-13(8(4)16)21(17,18)19/h3-4H,1-2H2,(H2,10,12)(H,11,15)(H,17,18,19). The van der Waals surface area contributed by atoms with Crippen LogP contribution in [0.5, 0.6) is 0 Å². The minimum absolute atomic E-state index is 0.102. The van der Waals surface area contributed by atoms with Crippen molar-refractivity contribution < 1.29 is 27.4 Å². The zero-order valence-electron chi connectivity index (χ0n) is 10.3. The number of amides is 2. The average Bonchev–Trinajstić information content (AvgIpc) is 2.80. The van der Waals surface area contributed by atoms with Gasteiger partial charge in [0.2, 0.25) is 5.91 Å². The van der Waals surface area contributed by atoms with Gasteiger partial charge in [0, 0.05) is 11.9 Å². The summed E-state index contributed by atoms with van der Waals surface area (Å²) in [6, 6.07) is 0. The van der Waals surface area contributed by atoms with Gasteiger partial charge in [0.15, 0.2) is 5.13 Å². The van der Waals surface area contributed by atoms with Gasteiger partial charge in [-0.05, 0) is 0 Å². The number of carbonyl (C=O) groups is 3. The van der Waals surface area contributed by atoms with Crippen LogP contribution < -0.4 is 11.1 Å². The van der Waals surface area contributed by atoms with Crippen LogP contribution in [-0.4, -0.2) is 52.9 Å². The molecule has 21 heavy (non-hydrogen) atoms. The van der Waals surface area contributed by atoms with Crippen LogP contribution in [0, 0.1) is 5.92 Å². The Labute approximate surface area is 122 Å². The van der Waals surface area contributed by atoms with E-state index in [1.165, 1.54) is 5.38 Å². The van der Waals surface area contributed by atoms with Crippen molar-refractivity contribution in [2.24, 2.45) is 5.92 Å². The molecule has 1 aromatic rings. The molecule has 1 fully saturated rings. The van der Waals surface area contributed by atoms with Crippen molar-refractivity contribution >= 4 is 44.4 Å². The van der Waals surface area contributed by atoms with E-state index in [1.807, 2.05) is 0 Å². The molecule has 4 N–H and O–H groups in total. The number of carbonyl (C=O) groups excluding carboxylic acids is 3. The largest absolute Gasteiger partial charge is 0.375 e. The molecule has 10 nitrogen and oxygen atoms in total. The highest BCUT2D eigenvalue weighted by Crippen LogP contribution is 2.19. The zero-order valence-corrected chi connectivity index (χ0v) is 12.0. The summed E-state index contributed by atoms with van der Waals surface area (Å²) in [6.07, 6.45) is 0. The smallest absolute Gasteiger partial charge is 0.362 e. The molecule has 2 heterocycles. The number of β-lactam (4-membered cyclic amide) rings is 1. The average molecular weight is 334 g/mol. The van der Waals surface area contributed by atoms with Crippen LogP contribution >= 0.6 is 11.3 Å². The quantitative estimate of drug-likeness (QED) is 0.248. The predicted octanol–water partition coefficient (Wildman–Crippen LogP) is -1.71. The van der Waals surface area contributed by atoms with Gasteiger partial charge in [-0.1, -0.05) is 0 Å². The number of Topliss-reactive ketones (excluding diaryl/α,β-unsaturated/α-hetero) is 1. The Morgan fingerprint density at radius 3 is 2.71 bits per heavy atom. The first-order valence-corrected chi connectivity index (χ1v) is 7.80. The number of nitrogens with one attached hydrogen (secondary N) is 1. The highest BCUT2D eigenvalue weighted by atomic mass is 32.2. The van der Waals surface area contributed by atoms with Crippen LogP contribution in [0.25, 0.3) is 0 Å². The second-order valence-electron chi connectivity index (χ2n) is 4.15. The molecule has 0 radical (unpaired) electrons. The highest BCUT2D eigenvalue weighted by Gasteiger charge is 2.43. The minimum Gasteiger partial charge on any atom is -0.375 e. The SMILES string of the molecule is Nc1nc(C(=O)C(=O)NCC2CN(S(=O)(=O)O)C2=O)cs1. The third kappa shape index (κ3) is 3.17. The Balaban J connectivity index is 1.86. The molecule has 114 valence electrons. The number of hydrogen-bond donors (Lipinski definition) is 3. The molecule has 0 aliphatic carbocycles. The molecule has 0 aromatic carbocycles. The third-order valence-corrected chi connectivity index (χ3v) is 4.29. The van der Waals surface area contributed by atoms with Gasteiger partial charge in [-0.15, -0.1) is 11.3 Å². The molecule has 1 atom stereocenters. The van der Waals surface area contributed by atoms with Crippen LogP contribution in [0.2, 0.25) is 0 Å². The molecular weight excluding hydrogens is 324 g/mol. The van der Waals surface area contributed by atoms with E-state index in [0.29, 0.717) is 0 Å². The fraction of sp³-hybridized carbons (Fsp3) is 0.333. The molecular formula is C9H10N4O6S2. The molecule has 1 unspecified atom stereocenters. The number of ketones is 1. The molecule has 12 heteroatoms. The van der Waals surface area contributed by atoms with Gasteiger partial charge in [0.25, 0.3) is 11.7 Å². The van der Waals surface area contributed by atoms with E-state index in [2.05, 4.69) is 10.3 Å². The van der Waals surface area contributed by atoms with Gasteiger partial charge in [0.1, 0.15) is 5.69 Å². The fourth-order valence-corrected chi connectivity index (χ4v) is 2.91. The van der Waals surface area contributed by atoms with Crippen molar-refractivity contribution in [1.29, 1.82) is 0 Å². The normalized spacial score (nSPS) is 18.2. The number of thiazole rings is 1. The number of rotatable bonds is 5. The second-order valence-corrected chi connectivity index (χ2v) is 6.38. The van der Waals surface area contributed by atoms with E-state index < -0.39 is 33.8 Å². The first kappa shape index (κ1) is 15.3. The Morgan fingerprint density at radius 2 is 2.24 bits per heavy atom. The molecule has 1 aliphatic rings. The lowest BCUT2D eigenvalue weighted by molar-refractivity contribution is -0.140. The molecule has 0 saturated carbocycles. The first-order chi connectivity index (χ1) is 9.70. The maximum absolute atomic E-state index is 11.6. The van der Waals surface area contributed by atoms with E-state index in [0.717, 1.165) is 11.3 Å². The van der Waals surface area contributed by atoms with Crippen LogP contribution in [0.4, 0.5) is 5.13 Å². The molecule has 2 rings (SSSR count). The summed E-state index contributed by atoms with van der Waals surface area (Å²) >= 11 is 1.00. The van der Waals surface area contributed by atoms with Gasteiger partial charge in [-0.2, -0.15) is 8.42 Å². The summed E-state index contributed by atoms with van der Waals surface area (Å²) in [5.74, 6) is -3.52. The van der Waals surface area contributed by atoms with E-state index in [9.17, 15) is 22.8 Å². The molecule has 1 saturated heterocycles. The van der Waals surface area contributed by atoms with E-state index >= 15 is 0 Å². The monoisotopic (exact) mass is 334 g/mol. The fourth-order valence-electron chi connectivity index (χ4n) is 1.62. The molecule has 0 bridgehead atoms. The number of hydrogen-bond acceptors (Lipinski definition) is 8. The Hall–Kier alpha value is -2.05. The summed E-state index contributed by atoms with van der Waals surface area (Å²) in [5, 5.41) is 3.67. The highest BCUT2D eigenvalue weighted by molar-refractivity contribution is 7.84. The summed E-state index contributed by atoms with van der Waals surface area (Å²) in [5.41, 5.74) is 5.23. The van der Waals surface area contributed by atoms with Crippen LogP contribution in [0.1, 0.15) is 10.5 Å². The topological polar surface area (TPSA) is 160 Å². The lowest BCUT2D eigenvalue weighted by Gasteiger charge is -2.34. The summed E-state index contributed by atoms with van der Waals surface area (Å²) in [4.78, 5) is 38.2. The lowest BCUT2D eigenvalue weighted by atomic mass is 10.0. The van der Waals surface area contributed by atoms with Gasteiger partial charge in [-0.25, -0.2) is 9.29 Å². The maximum atomic E-state index is 11.6. The maximum Gasteiger partial charge on any atom is 0.362 e. The van der Waals surface area contributed by atoms with Crippen molar-refractivity contribution in [1.82, 2.24) is 14.6 Å². The summed E-state index contributed by atoms with van der Waals surface area (Å²) in [6.45, 7) is -0.467. The minimum atomic E-state index is -4.56. The number of aromatic nitrogens is 1. The number of nitrogen functional groups attached to an aromatic ring is 1. The van der Waals surface area contributed by atoms with Gasteiger partial charge < -0.3 is 11.1 Å². The van der Waals surface area contributed by atoms with Gasteiger partial charge in [0.05, 0.1) is 12.5 Å². The second kappa shape index (κ2) is 5.38. The molecule has 1 aliphatic heterocycles. The van der Waals surface area contributed by atoms with Crippen molar-refractivity contribution in [2.45, 2.75) is 0 Å². The lowest BCUT2D eigenvalue weighted by Crippen LogP contribution is -2.58. The Bertz CT molecular complexity index is 712. The predicted molar refractivity (Wildman–Crippen MR) is 70.6 cm³/mol. The van der Waals surface area contributed by atoms with E-state index in [1.54, 1.807) is 0 Å². The first-order valence-electron chi connectivity index (χ1n) is 5.52. The Kier molecular flexibility index (Phi) is 3.93. The number of anilines is 1. The summed E-state index contributed by atoms with van der Waals surface area (Å²) < 4.78 is 30.3. The zero-order chi connectivity index (χ0) is 15.8. The van der Waals surface area contributed by atoms with Gasteiger partial charge in [-0.3, -0.25) is 18.9 Å². The van der Waals surface area contributed by atoms with Crippen LogP contribution in [-0.2, 0) is 19.9 Å². The molecule has 0 spiro atoms.